The number of phenols is 6. The van der Waals surface area contributed by atoms with Gasteiger partial charge in [-0.2, -0.15) is 0 Å². The Kier molecular flexibility index (Phi) is 12.5. The van der Waals surface area contributed by atoms with Gasteiger partial charge < -0.3 is 30.6 Å². The second-order valence-electron chi connectivity index (χ2n) is 9.88. The Balaban J connectivity index is 0.000000136. The zero-order chi connectivity index (χ0) is 34.1. The van der Waals surface area contributed by atoms with Crippen molar-refractivity contribution in [3.05, 3.63) is 164 Å². The molecule has 0 spiro atoms. The Morgan fingerprint density at radius 3 is 0.771 bits per heavy atom. The molecule has 0 atom stereocenters. The van der Waals surface area contributed by atoms with Gasteiger partial charge in [0.25, 0.3) is 0 Å². The van der Waals surface area contributed by atoms with Crippen LogP contribution in [0.25, 0.3) is 32.7 Å². The highest BCUT2D eigenvalue weighted by atomic mass is 16.3. The fourth-order valence-corrected chi connectivity index (χ4v) is 4.09. The first-order chi connectivity index (χ1) is 23.3. The van der Waals surface area contributed by atoms with Crippen LogP contribution >= 0.6 is 0 Å². The topological polar surface area (TPSA) is 160 Å². The molecule has 3 aromatic heterocycles. The molecule has 0 aliphatic carbocycles. The molecule has 0 saturated heterocycles. The number of nitrogens with zero attached hydrogens (tertiary/aromatic N) is 3. The van der Waals surface area contributed by atoms with E-state index in [2.05, 4.69) is 51.4 Å². The van der Waals surface area contributed by atoms with Gasteiger partial charge in [-0.25, -0.2) is 0 Å². The third kappa shape index (κ3) is 10.1. The number of rotatable bonds is 0. The van der Waals surface area contributed by atoms with Crippen LogP contribution in [-0.2, 0) is 0 Å². The van der Waals surface area contributed by atoms with Gasteiger partial charge >= 0.3 is 0 Å². The van der Waals surface area contributed by atoms with E-state index < -0.39 is 11.5 Å². The van der Waals surface area contributed by atoms with Crippen molar-refractivity contribution in [3.63, 3.8) is 0 Å². The number of pyridine rings is 3. The van der Waals surface area contributed by atoms with E-state index in [0.717, 1.165) is 16.6 Å². The predicted octanol–water partition coefficient (Wildman–Crippen LogP) is 8.31. The van der Waals surface area contributed by atoms with E-state index in [1.54, 1.807) is 0 Å². The average molecular weight is 640 g/mol. The average Bonchev–Trinajstić information content (AvgIpc) is 3.14. The molecule has 8 aromatic rings. The molecule has 0 radical (unpaired) electrons. The van der Waals surface area contributed by atoms with Crippen molar-refractivity contribution in [1.29, 1.82) is 0 Å². The first-order valence-electron chi connectivity index (χ1n) is 14.6. The molecule has 0 aliphatic heterocycles. The van der Waals surface area contributed by atoms with E-state index in [1.165, 1.54) is 52.6 Å². The molecule has 0 unspecified atom stereocenters. The minimum absolute atomic E-state index is 0.310. The second kappa shape index (κ2) is 17.6. The number of fused-ring (bicyclic) bond motifs is 3. The molecule has 5 aromatic carbocycles. The summed E-state index contributed by atoms with van der Waals surface area (Å²) in [5, 5.41) is 55.8. The first-order valence-corrected chi connectivity index (χ1v) is 14.6. The standard InChI is InChI=1S/3C9H7N.2C6H6O3/c3*1-2-6-9-8(4-1)5-3-7-10-9;2*7-4-2-1-3-5(8)6(4)9/h3*1-7H;2*1-3,7-9H. The van der Waals surface area contributed by atoms with Gasteiger partial charge in [0.1, 0.15) is 0 Å². The summed E-state index contributed by atoms with van der Waals surface area (Å²) < 4.78 is 0. The van der Waals surface area contributed by atoms with Crippen LogP contribution in [0.5, 0.6) is 34.5 Å². The Morgan fingerprint density at radius 2 is 0.521 bits per heavy atom. The van der Waals surface area contributed by atoms with E-state index in [4.69, 9.17) is 30.6 Å². The van der Waals surface area contributed by atoms with Gasteiger partial charge in [-0.3, -0.25) is 15.0 Å². The Labute approximate surface area is 276 Å². The zero-order valence-corrected chi connectivity index (χ0v) is 25.6. The molecule has 0 aliphatic rings. The van der Waals surface area contributed by atoms with E-state index >= 15 is 0 Å². The van der Waals surface area contributed by atoms with Crippen LogP contribution in [0.2, 0.25) is 0 Å². The van der Waals surface area contributed by atoms with Crippen molar-refractivity contribution in [2.45, 2.75) is 0 Å². The summed E-state index contributed by atoms with van der Waals surface area (Å²) in [6.07, 6.45) is 5.42. The normalized spacial score (nSPS) is 9.75. The van der Waals surface area contributed by atoms with Crippen molar-refractivity contribution in [2.24, 2.45) is 0 Å². The van der Waals surface area contributed by atoms with Crippen LogP contribution in [0.3, 0.4) is 0 Å². The molecule has 0 fully saturated rings. The Bertz CT molecular complexity index is 1740. The van der Waals surface area contributed by atoms with Gasteiger partial charge in [0.2, 0.25) is 0 Å². The van der Waals surface area contributed by atoms with E-state index in [1.807, 2.05) is 91.4 Å². The number of para-hydroxylation sites is 5. The molecule has 0 amide bonds. The van der Waals surface area contributed by atoms with Crippen LogP contribution in [0.4, 0.5) is 0 Å². The summed E-state index contributed by atoms with van der Waals surface area (Å²) in [5.74, 6) is -2.19. The van der Waals surface area contributed by atoms with Crippen molar-refractivity contribution >= 4 is 32.7 Å². The molecular formula is C39H33N3O6. The molecule has 8 rings (SSSR count). The fourth-order valence-electron chi connectivity index (χ4n) is 4.09. The van der Waals surface area contributed by atoms with Gasteiger partial charge in [0, 0.05) is 34.7 Å². The maximum Gasteiger partial charge on any atom is 0.200 e. The molecule has 3 heterocycles. The molecule has 6 N–H and O–H groups in total. The molecule has 240 valence electrons. The minimum atomic E-state index is -0.475. The van der Waals surface area contributed by atoms with Gasteiger partial charge in [0.15, 0.2) is 34.5 Å². The first kappa shape index (κ1) is 34.0. The van der Waals surface area contributed by atoms with E-state index in [9.17, 15) is 0 Å². The molecule has 48 heavy (non-hydrogen) atoms. The lowest BCUT2D eigenvalue weighted by atomic mass is 10.2. The van der Waals surface area contributed by atoms with Crippen molar-refractivity contribution in [1.82, 2.24) is 15.0 Å². The van der Waals surface area contributed by atoms with Gasteiger partial charge in [-0.15, -0.1) is 0 Å². The quantitative estimate of drug-likeness (QED) is 0.0897. The summed E-state index contributed by atoms with van der Waals surface area (Å²) in [6, 6.07) is 44.3. The summed E-state index contributed by atoms with van der Waals surface area (Å²) in [6.45, 7) is 0. The van der Waals surface area contributed by atoms with Crippen LogP contribution < -0.4 is 0 Å². The summed E-state index contributed by atoms with van der Waals surface area (Å²) >= 11 is 0. The van der Waals surface area contributed by atoms with E-state index in [0.29, 0.717) is 0 Å². The van der Waals surface area contributed by atoms with Gasteiger partial charge in [-0.05, 0) is 60.7 Å². The molecule has 0 saturated carbocycles. The zero-order valence-electron chi connectivity index (χ0n) is 25.6. The van der Waals surface area contributed by atoms with Gasteiger partial charge in [0.05, 0.1) is 16.6 Å². The highest BCUT2D eigenvalue weighted by Crippen LogP contribution is 2.33. The van der Waals surface area contributed by atoms with Crippen molar-refractivity contribution in [3.8, 4) is 34.5 Å². The second-order valence-corrected chi connectivity index (χ2v) is 9.88. The van der Waals surface area contributed by atoms with Gasteiger partial charge in [-0.1, -0.05) is 84.9 Å². The lowest BCUT2D eigenvalue weighted by Crippen LogP contribution is -1.73. The number of hydrogen-bond acceptors (Lipinski definition) is 9. The Morgan fingerprint density at radius 1 is 0.271 bits per heavy atom. The third-order valence-corrected chi connectivity index (χ3v) is 6.52. The van der Waals surface area contributed by atoms with Crippen LogP contribution in [0.1, 0.15) is 0 Å². The van der Waals surface area contributed by atoms with Crippen molar-refractivity contribution < 1.29 is 30.6 Å². The minimum Gasteiger partial charge on any atom is -0.504 e. The third-order valence-electron chi connectivity index (χ3n) is 6.52. The maximum atomic E-state index is 8.71. The lowest BCUT2D eigenvalue weighted by molar-refractivity contribution is 0.368. The fraction of sp³-hybridized carbons (Fsp3) is 0. The smallest absolute Gasteiger partial charge is 0.200 e. The summed E-state index contributed by atoms with van der Waals surface area (Å²) in [4.78, 5) is 12.5. The maximum absolute atomic E-state index is 8.71. The predicted molar refractivity (Wildman–Crippen MR) is 188 cm³/mol. The molecule has 9 nitrogen and oxygen atoms in total. The largest absolute Gasteiger partial charge is 0.504 e. The lowest BCUT2D eigenvalue weighted by Gasteiger charge is -1.96. The highest BCUT2D eigenvalue weighted by Gasteiger charge is 2.02. The van der Waals surface area contributed by atoms with Crippen LogP contribution in [0.15, 0.2) is 164 Å². The summed E-state index contributed by atoms with van der Waals surface area (Å²) in [5.41, 5.74) is 3.18. The number of benzene rings is 5. The molecule has 0 bridgehead atoms. The molecule has 9 heteroatoms. The highest BCUT2D eigenvalue weighted by molar-refractivity contribution is 5.79. The van der Waals surface area contributed by atoms with Crippen LogP contribution in [-0.4, -0.2) is 45.6 Å². The SMILES string of the molecule is Oc1cccc(O)c1O.Oc1cccc(O)c1O.c1ccc2ncccc2c1.c1ccc2ncccc2c1.c1ccc2ncccc2c1. The number of phenolic OH excluding ortho intramolecular Hbond substituents is 6. The summed E-state index contributed by atoms with van der Waals surface area (Å²) in [7, 11) is 0. The number of hydrogen-bond donors (Lipinski definition) is 6. The monoisotopic (exact) mass is 639 g/mol. The van der Waals surface area contributed by atoms with Crippen LogP contribution in [0, 0.1) is 0 Å². The van der Waals surface area contributed by atoms with Crippen molar-refractivity contribution in [2.75, 3.05) is 0 Å². The molecular weight excluding hydrogens is 606 g/mol. The Hall–Kier alpha value is -6.87. The number of aromatic hydroxyl groups is 6. The van der Waals surface area contributed by atoms with E-state index in [-0.39, 0.29) is 23.0 Å². The number of aromatic nitrogens is 3.